The molecule has 2 aliphatic heterocycles. The normalized spacial score (nSPS) is 17.9. The van der Waals surface area contributed by atoms with Gasteiger partial charge < -0.3 is 20.4 Å². The van der Waals surface area contributed by atoms with E-state index in [0.717, 1.165) is 18.8 Å². The molecule has 0 atom stereocenters. The van der Waals surface area contributed by atoms with E-state index in [1.165, 1.54) is 51.0 Å². The third kappa shape index (κ3) is 6.48. The van der Waals surface area contributed by atoms with E-state index >= 15 is 0 Å². The summed E-state index contributed by atoms with van der Waals surface area (Å²) < 4.78 is 25.6. The highest BCUT2D eigenvalue weighted by molar-refractivity contribution is 7.92. The maximum atomic E-state index is 12.8. The van der Waals surface area contributed by atoms with E-state index in [9.17, 15) is 8.42 Å². The zero-order chi connectivity index (χ0) is 27.4. The summed E-state index contributed by atoms with van der Waals surface area (Å²) in [6.07, 6.45) is 3.80. The zero-order valence-electron chi connectivity index (χ0n) is 22.9. The van der Waals surface area contributed by atoms with E-state index in [2.05, 4.69) is 59.5 Å². The van der Waals surface area contributed by atoms with Crippen LogP contribution in [0.25, 0.3) is 0 Å². The molecule has 11 heteroatoms. The van der Waals surface area contributed by atoms with Gasteiger partial charge in [-0.25, -0.2) is 18.4 Å². The Morgan fingerprint density at radius 2 is 1.49 bits per heavy atom. The number of hydrogen-bond donors (Lipinski definition) is 2. The molecule has 10 nitrogen and oxygen atoms in total. The fourth-order valence-corrected chi connectivity index (χ4v) is 6.37. The Labute approximate surface area is 231 Å². The molecular formula is C28H38N8O2S. The molecule has 3 heterocycles. The number of benzene rings is 2. The Kier molecular flexibility index (Phi) is 8.29. The number of piperazine rings is 1. The average Bonchev–Trinajstić information content (AvgIpc) is 2.94. The summed E-state index contributed by atoms with van der Waals surface area (Å²) in [4.78, 5) is 20.6. The molecular weight excluding hydrogens is 512 g/mol. The highest BCUT2D eigenvalue weighted by Gasteiger charge is 2.27. The fraction of sp³-hybridized carbons (Fsp3) is 0.464. The molecule has 1 aromatic heterocycles. The molecule has 0 aliphatic carbocycles. The Morgan fingerprint density at radius 3 is 2.15 bits per heavy atom. The summed E-state index contributed by atoms with van der Waals surface area (Å²) in [5.41, 5.74) is 2.52. The summed E-state index contributed by atoms with van der Waals surface area (Å²) in [6.45, 7) is 10.2. The van der Waals surface area contributed by atoms with Crippen molar-refractivity contribution in [3.63, 3.8) is 0 Å². The van der Waals surface area contributed by atoms with Crippen molar-refractivity contribution in [2.45, 2.75) is 42.9 Å². The van der Waals surface area contributed by atoms with Crippen LogP contribution in [0.15, 0.2) is 59.8 Å². The minimum Gasteiger partial charge on any atom is -0.371 e. The molecule has 0 radical (unpaired) electrons. The molecule has 0 saturated carbocycles. The van der Waals surface area contributed by atoms with Gasteiger partial charge in [0.05, 0.1) is 15.8 Å². The van der Waals surface area contributed by atoms with Crippen LogP contribution in [0.4, 0.5) is 29.0 Å². The first-order valence-corrected chi connectivity index (χ1v) is 15.2. The number of sulfone groups is 1. The Hall–Kier alpha value is -3.28. The van der Waals surface area contributed by atoms with Gasteiger partial charge in [0.1, 0.15) is 6.33 Å². The number of rotatable bonds is 8. The van der Waals surface area contributed by atoms with Crippen molar-refractivity contribution in [1.82, 2.24) is 24.8 Å². The predicted molar refractivity (Wildman–Crippen MR) is 156 cm³/mol. The van der Waals surface area contributed by atoms with Crippen LogP contribution in [-0.2, 0) is 9.84 Å². The molecule has 3 aromatic rings. The van der Waals surface area contributed by atoms with Crippen molar-refractivity contribution in [3.8, 4) is 0 Å². The lowest BCUT2D eigenvalue weighted by atomic mass is 10.0. The highest BCUT2D eigenvalue weighted by Crippen LogP contribution is 2.28. The van der Waals surface area contributed by atoms with Crippen LogP contribution in [0.2, 0.25) is 0 Å². The standard InChI is InChI=1S/C28H38N8O2S/c1-21(2)39(37,38)26-7-5-4-6-25(26)32-28-30-20-29-27(33-28)31-22-8-10-23(11-9-22)35-14-12-24(13-15-35)36-18-16-34(3)17-19-36/h4-11,20-21,24H,12-19H2,1-3H3,(H2,29,30,31,32,33). The second-order valence-electron chi connectivity index (χ2n) is 10.6. The smallest absolute Gasteiger partial charge is 0.232 e. The van der Waals surface area contributed by atoms with E-state index < -0.39 is 15.1 Å². The summed E-state index contributed by atoms with van der Waals surface area (Å²) in [7, 11) is -1.26. The second kappa shape index (κ2) is 11.8. The topological polar surface area (TPSA) is 107 Å². The number of hydrogen-bond acceptors (Lipinski definition) is 10. The van der Waals surface area contributed by atoms with E-state index in [1.54, 1.807) is 38.1 Å². The molecule has 0 amide bonds. The molecule has 208 valence electrons. The molecule has 5 rings (SSSR count). The zero-order valence-corrected chi connectivity index (χ0v) is 23.7. The monoisotopic (exact) mass is 550 g/mol. The summed E-state index contributed by atoms with van der Waals surface area (Å²) >= 11 is 0. The van der Waals surface area contributed by atoms with Gasteiger partial charge in [-0.05, 0) is 70.1 Å². The van der Waals surface area contributed by atoms with Crippen LogP contribution >= 0.6 is 0 Å². The van der Waals surface area contributed by atoms with E-state index in [0.29, 0.717) is 17.7 Å². The average molecular weight is 551 g/mol. The van der Waals surface area contributed by atoms with E-state index in [-0.39, 0.29) is 10.8 Å². The first-order chi connectivity index (χ1) is 18.8. The van der Waals surface area contributed by atoms with Crippen molar-refractivity contribution < 1.29 is 8.42 Å². The maximum Gasteiger partial charge on any atom is 0.232 e. The number of nitrogens with zero attached hydrogens (tertiary/aromatic N) is 6. The second-order valence-corrected chi connectivity index (χ2v) is 13.0. The predicted octanol–water partition coefficient (Wildman–Crippen LogP) is 3.76. The van der Waals surface area contributed by atoms with Gasteiger partial charge in [0.15, 0.2) is 9.84 Å². The molecule has 2 saturated heterocycles. The molecule has 0 bridgehead atoms. The Morgan fingerprint density at radius 1 is 0.846 bits per heavy atom. The molecule has 2 aromatic carbocycles. The maximum absolute atomic E-state index is 12.8. The van der Waals surface area contributed by atoms with Crippen LogP contribution in [0.3, 0.4) is 0 Å². The summed E-state index contributed by atoms with van der Waals surface area (Å²) in [5.74, 6) is 0.635. The van der Waals surface area contributed by atoms with Gasteiger partial charge in [-0.2, -0.15) is 4.98 Å². The summed E-state index contributed by atoms with van der Waals surface area (Å²) in [5, 5.41) is 5.74. The first-order valence-electron chi connectivity index (χ1n) is 13.6. The van der Waals surface area contributed by atoms with Gasteiger partial charge in [-0.1, -0.05) is 12.1 Å². The van der Waals surface area contributed by atoms with Crippen LogP contribution in [-0.4, -0.2) is 90.8 Å². The van der Waals surface area contributed by atoms with Gasteiger partial charge in [-0.3, -0.25) is 4.90 Å². The van der Waals surface area contributed by atoms with Crippen molar-refractivity contribution >= 4 is 38.8 Å². The number of nitrogens with one attached hydrogen (secondary N) is 2. The lowest BCUT2D eigenvalue weighted by Crippen LogP contribution is -2.52. The minimum absolute atomic E-state index is 0.220. The number of likely N-dealkylation sites (N-methyl/N-ethyl adjacent to an activating group) is 1. The van der Waals surface area contributed by atoms with Crippen LogP contribution in [0.5, 0.6) is 0 Å². The van der Waals surface area contributed by atoms with Crippen molar-refractivity contribution in [3.05, 3.63) is 54.9 Å². The molecule has 0 unspecified atom stereocenters. The fourth-order valence-electron chi connectivity index (χ4n) is 5.17. The third-order valence-electron chi connectivity index (χ3n) is 7.64. The molecule has 2 N–H and O–H groups in total. The first kappa shape index (κ1) is 27.3. The minimum atomic E-state index is -3.47. The van der Waals surface area contributed by atoms with Gasteiger partial charge in [0, 0.05) is 56.7 Å². The van der Waals surface area contributed by atoms with Gasteiger partial charge in [-0.15, -0.1) is 0 Å². The van der Waals surface area contributed by atoms with Gasteiger partial charge >= 0.3 is 0 Å². The molecule has 2 aliphatic rings. The molecule has 0 spiro atoms. The van der Waals surface area contributed by atoms with Crippen LogP contribution in [0.1, 0.15) is 26.7 Å². The van der Waals surface area contributed by atoms with Crippen molar-refractivity contribution in [2.24, 2.45) is 0 Å². The Bertz CT molecular complexity index is 1350. The molecule has 2 fully saturated rings. The quantitative estimate of drug-likeness (QED) is 0.431. The Balaban J connectivity index is 1.19. The number of para-hydroxylation sites is 1. The highest BCUT2D eigenvalue weighted by atomic mass is 32.2. The third-order valence-corrected chi connectivity index (χ3v) is 9.85. The van der Waals surface area contributed by atoms with E-state index in [1.807, 2.05) is 12.1 Å². The van der Waals surface area contributed by atoms with E-state index in [4.69, 9.17) is 0 Å². The van der Waals surface area contributed by atoms with Crippen LogP contribution < -0.4 is 15.5 Å². The number of piperidine rings is 1. The largest absolute Gasteiger partial charge is 0.371 e. The van der Waals surface area contributed by atoms with Gasteiger partial charge in [0.25, 0.3) is 0 Å². The van der Waals surface area contributed by atoms with Crippen molar-refractivity contribution in [2.75, 3.05) is 61.8 Å². The SMILES string of the molecule is CC(C)S(=O)(=O)c1ccccc1Nc1ncnc(Nc2ccc(N3CCC(N4CCN(C)CC4)CC3)cc2)n1. The lowest BCUT2D eigenvalue weighted by molar-refractivity contribution is 0.0982. The molecule has 39 heavy (non-hydrogen) atoms. The number of aromatic nitrogens is 3. The van der Waals surface area contributed by atoms with Gasteiger partial charge in [0.2, 0.25) is 11.9 Å². The van der Waals surface area contributed by atoms with Crippen molar-refractivity contribution in [1.29, 1.82) is 0 Å². The lowest BCUT2D eigenvalue weighted by Gasteiger charge is -2.42. The number of anilines is 5. The summed E-state index contributed by atoms with van der Waals surface area (Å²) in [6, 6.07) is 15.8. The van der Waals surface area contributed by atoms with Crippen LogP contribution in [0, 0.1) is 0 Å².